The second-order valence-electron chi connectivity index (χ2n) is 3.57. The molecule has 0 spiro atoms. The van der Waals surface area contributed by atoms with E-state index in [2.05, 4.69) is 0 Å². The van der Waals surface area contributed by atoms with Crippen molar-refractivity contribution in [1.29, 1.82) is 0 Å². The number of hydrogen-bond acceptors (Lipinski definition) is 3. The normalized spacial score (nSPS) is 13.1. The van der Waals surface area contributed by atoms with E-state index in [1.54, 1.807) is 17.4 Å². The van der Waals surface area contributed by atoms with Crippen LogP contribution in [0, 0.1) is 13.8 Å². The van der Waals surface area contributed by atoms with Gasteiger partial charge in [-0.05, 0) is 31.5 Å². The molecule has 0 bridgehead atoms. The van der Waals surface area contributed by atoms with Gasteiger partial charge in [-0.2, -0.15) is 0 Å². The van der Waals surface area contributed by atoms with Crippen LogP contribution in [0.1, 0.15) is 27.0 Å². The molecule has 0 aliphatic rings. The number of aryl methyl sites for hydroxylation is 2. The first-order valence-corrected chi connectivity index (χ1v) is 7.07. The fourth-order valence-electron chi connectivity index (χ4n) is 1.43. The minimum Gasteiger partial charge on any atom is -0.383 e. The third-order valence-corrected chi connectivity index (χ3v) is 5.16. The lowest BCUT2D eigenvalue weighted by atomic mass is 10.1. The maximum atomic E-state index is 10.2. The van der Waals surface area contributed by atoms with Crippen molar-refractivity contribution < 1.29 is 5.11 Å². The summed E-state index contributed by atoms with van der Waals surface area (Å²) in [5, 5.41) is 10.2. The van der Waals surface area contributed by atoms with Gasteiger partial charge in [0.25, 0.3) is 0 Å². The van der Waals surface area contributed by atoms with Crippen molar-refractivity contribution in [2.75, 3.05) is 0 Å². The van der Waals surface area contributed by atoms with Gasteiger partial charge in [0.2, 0.25) is 0 Å². The highest BCUT2D eigenvalue weighted by Gasteiger charge is 2.19. The van der Waals surface area contributed by atoms with E-state index in [0.29, 0.717) is 14.2 Å². The Morgan fingerprint density at radius 1 is 1.19 bits per heavy atom. The molecule has 1 atom stereocenters. The number of aliphatic hydroxyl groups excluding tert-OH is 1. The third-order valence-electron chi connectivity index (χ3n) is 2.43. The molecule has 1 N–H and O–H groups in total. The van der Waals surface area contributed by atoms with Gasteiger partial charge in [-0.15, -0.1) is 22.7 Å². The first-order chi connectivity index (χ1) is 7.49. The minimum absolute atomic E-state index is 0.557. The molecule has 2 rings (SSSR count). The van der Waals surface area contributed by atoms with E-state index in [1.165, 1.54) is 21.8 Å². The van der Waals surface area contributed by atoms with Crippen LogP contribution < -0.4 is 0 Å². The van der Waals surface area contributed by atoms with Gasteiger partial charge in [0, 0.05) is 15.3 Å². The maximum Gasteiger partial charge on any atom is 0.116 e. The van der Waals surface area contributed by atoms with Crippen LogP contribution in [0.5, 0.6) is 0 Å². The number of thiophene rings is 2. The molecule has 5 heteroatoms. The van der Waals surface area contributed by atoms with E-state index < -0.39 is 6.10 Å². The summed E-state index contributed by atoms with van der Waals surface area (Å²) >= 11 is 14.7. The van der Waals surface area contributed by atoms with Crippen LogP contribution in [0.2, 0.25) is 8.67 Å². The fourth-order valence-corrected chi connectivity index (χ4v) is 4.00. The minimum atomic E-state index is -0.673. The molecule has 0 aliphatic heterocycles. The predicted octanol–water partition coefficient (Wildman–Crippen LogP) is 4.81. The van der Waals surface area contributed by atoms with Crippen LogP contribution in [0.15, 0.2) is 12.1 Å². The van der Waals surface area contributed by atoms with Crippen LogP contribution in [0.25, 0.3) is 0 Å². The zero-order valence-corrected chi connectivity index (χ0v) is 11.9. The smallest absolute Gasteiger partial charge is 0.116 e. The Kier molecular flexibility index (Phi) is 3.62. The van der Waals surface area contributed by atoms with Crippen molar-refractivity contribution >= 4 is 45.9 Å². The Morgan fingerprint density at radius 2 is 1.88 bits per heavy atom. The van der Waals surface area contributed by atoms with E-state index in [4.69, 9.17) is 23.2 Å². The lowest BCUT2D eigenvalue weighted by Gasteiger charge is -2.06. The molecule has 0 fully saturated rings. The molecule has 0 aliphatic carbocycles. The lowest BCUT2D eigenvalue weighted by molar-refractivity contribution is 0.225. The fraction of sp³-hybridized carbons (Fsp3) is 0.273. The molecule has 0 radical (unpaired) electrons. The highest BCUT2D eigenvalue weighted by molar-refractivity contribution is 7.20. The molecule has 1 unspecified atom stereocenters. The Hall–Kier alpha value is -0.0600. The van der Waals surface area contributed by atoms with Crippen molar-refractivity contribution in [3.8, 4) is 0 Å². The number of halogens is 2. The molecular formula is C11H10Cl2OS2. The Bertz CT molecular complexity index is 497. The van der Waals surface area contributed by atoms with E-state index in [1.807, 2.05) is 19.9 Å². The third kappa shape index (κ3) is 2.29. The van der Waals surface area contributed by atoms with Crippen LogP contribution in [0.4, 0.5) is 0 Å². The quantitative estimate of drug-likeness (QED) is 0.842. The van der Waals surface area contributed by atoms with Gasteiger partial charge in [0.15, 0.2) is 0 Å². The molecular weight excluding hydrogens is 283 g/mol. The summed E-state index contributed by atoms with van der Waals surface area (Å²) in [6.07, 6.45) is -0.673. The van der Waals surface area contributed by atoms with Gasteiger partial charge in [-0.25, -0.2) is 0 Å². The lowest BCUT2D eigenvalue weighted by Crippen LogP contribution is -1.95. The summed E-state index contributed by atoms with van der Waals surface area (Å²) in [5.74, 6) is 0. The van der Waals surface area contributed by atoms with Crippen molar-refractivity contribution in [2.24, 2.45) is 0 Å². The van der Waals surface area contributed by atoms with Gasteiger partial charge in [0.1, 0.15) is 10.4 Å². The molecule has 0 saturated heterocycles. The summed E-state index contributed by atoms with van der Waals surface area (Å²) in [6, 6.07) is 3.72. The maximum absolute atomic E-state index is 10.2. The van der Waals surface area contributed by atoms with Crippen molar-refractivity contribution in [3.05, 3.63) is 41.7 Å². The van der Waals surface area contributed by atoms with Gasteiger partial charge in [-0.3, -0.25) is 0 Å². The average molecular weight is 293 g/mol. The van der Waals surface area contributed by atoms with Crippen LogP contribution in [-0.4, -0.2) is 5.11 Å². The van der Waals surface area contributed by atoms with Crippen molar-refractivity contribution in [1.82, 2.24) is 0 Å². The first-order valence-electron chi connectivity index (χ1n) is 4.68. The molecule has 2 heterocycles. The Morgan fingerprint density at radius 3 is 2.31 bits per heavy atom. The van der Waals surface area contributed by atoms with Crippen LogP contribution >= 0.6 is 45.9 Å². The topological polar surface area (TPSA) is 20.2 Å². The van der Waals surface area contributed by atoms with Crippen molar-refractivity contribution in [2.45, 2.75) is 20.0 Å². The number of hydrogen-bond donors (Lipinski definition) is 1. The molecule has 86 valence electrons. The molecule has 1 nitrogen and oxygen atoms in total. The highest BCUT2D eigenvalue weighted by atomic mass is 35.5. The SMILES string of the molecule is Cc1cc(C(O)c2cc(Cl)sc2Cl)sc1C. The standard InChI is InChI=1S/C11H10Cl2OS2/c1-5-3-8(15-6(5)2)10(14)7-4-9(12)16-11(7)13/h3-4,10,14H,1-2H3. The zero-order valence-electron chi connectivity index (χ0n) is 8.75. The summed E-state index contributed by atoms with van der Waals surface area (Å²) in [6.45, 7) is 4.07. The molecule has 0 aromatic carbocycles. The second kappa shape index (κ2) is 4.67. The van der Waals surface area contributed by atoms with Crippen molar-refractivity contribution in [3.63, 3.8) is 0 Å². The summed E-state index contributed by atoms with van der Waals surface area (Å²) < 4.78 is 1.16. The zero-order chi connectivity index (χ0) is 11.9. The predicted molar refractivity (Wildman–Crippen MR) is 72.2 cm³/mol. The first kappa shape index (κ1) is 12.4. The number of rotatable bonds is 2. The number of aliphatic hydroxyl groups is 1. The average Bonchev–Trinajstić information content (AvgIpc) is 2.70. The van der Waals surface area contributed by atoms with E-state index >= 15 is 0 Å². The van der Waals surface area contributed by atoms with Gasteiger partial charge >= 0.3 is 0 Å². The molecule has 16 heavy (non-hydrogen) atoms. The Labute approximate surface area is 112 Å². The van der Waals surface area contributed by atoms with Gasteiger partial charge < -0.3 is 5.11 Å². The molecule has 2 aromatic heterocycles. The molecule has 0 saturated carbocycles. The van der Waals surface area contributed by atoms with Crippen LogP contribution in [0.3, 0.4) is 0 Å². The van der Waals surface area contributed by atoms with Gasteiger partial charge in [0.05, 0.1) is 4.34 Å². The van der Waals surface area contributed by atoms with E-state index in [9.17, 15) is 5.11 Å². The summed E-state index contributed by atoms with van der Waals surface area (Å²) in [5.41, 5.74) is 1.88. The van der Waals surface area contributed by atoms with Crippen LogP contribution in [-0.2, 0) is 0 Å². The highest BCUT2D eigenvalue weighted by Crippen LogP contribution is 2.39. The summed E-state index contributed by atoms with van der Waals surface area (Å²) in [4.78, 5) is 2.12. The monoisotopic (exact) mass is 292 g/mol. The molecule has 2 aromatic rings. The Balaban J connectivity index is 2.38. The van der Waals surface area contributed by atoms with Gasteiger partial charge in [-0.1, -0.05) is 23.2 Å². The largest absolute Gasteiger partial charge is 0.383 e. The second-order valence-corrected chi connectivity index (χ2v) is 7.14. The summed E-state index contributed by atoms with van der Waals surface area (Å²) in [7, 11) is 0. The van der Waals surface area contributed by atoms with E-state index in [-0.39, 0.29) is 0 Å². The van der Waals surface area contributed by atoms with E-state index in [0.717, 1.165) is 4.88 Å². The molecule has 0 amide bonds.